The van der Waals surface area contributed by atoms with Gasteiger partial charge in [-0.25, -0.2) is 13.8 Å². The molecule has 62 heavy (non-hydrogen) atoms. The number of halogens is 3. The largest absolute Gasteiger partial charge is 0.382 e. The number of carbonyl (C=O) groups excluding carboxylic acids is 2. The summed E-state index contributed by atoms with van der Waals surface area (Å²) in [7, 11) is 0. The van der Waals surface area contributed by atoms with Crippen LogP contribution >= 0.6 is 39.5 Å². The number of aromatic nitrogens is 1. The number of nitrogens with one attached hydrogen (secondary N) is 1. The van der Waals surface area contributed by atoms with Crippen molar-refractivity contribution in [2.24, 2.45) is 16.8 Å². The van der Waals surface area contributed by atoms with Gasteiger partial charge in [-0.1, -0.05) is 51.5 Å². The second-order valence-electron chi connectivity index (χ2n) is 16.0. The van der Waals surface area contributed by atoms with Crippen LogP contribution in [0.1, 0.15) is 51.3 Å². The number of aliphatic imine (C=N–C) groups is 1. The van der Waals surface area contributed by atoms with E-state index in [1.54, 1.807) is 12.1 Å². The number of alkyl halides is 1. The molecule has 5 aromatic rings. The fourth-order valence-electron chi connectivity index (χ4n) is 7.43. The molecule has 9 rings (SSSR count). The number of nitrogens with zero attached hydrogens (tertiary/aromatic N) is 6. The molecule has 324 valence electrons. The second-order valence-corrected chi connectivity index (χ2v) is 17.7. The summed E-state index contributed by atoms with van der Waals surface area (Å²) in [6.07, 6.45) is 5.70. The lowest BCUT2D eigenvalue weighted by atomic mass is 10.1. The minimum absolute atomic E-state index is 0.107. The zero-order valence-corrected chi connectivity index (χ0v) is 37.7. The fraction of sp³-hybridized carbons (Fsp3) is 0.362. The Balaban J connectivity index is 0.000000162. The van der Waals surface area contributed by atoms with E-state index in [0.29, 0.717) is 15.6 Å². The van der Waals surface area contributed by atoms with Gasteiger partial charge in [0.25, 0.3) is 0 Å². The summed E-state index contributed by atoms with van der Waals surface area (Å²) in [5.74, 6) is 0.814. The van der Waals surface area contributed by atoms with Crippen molar-refractivity contribution in [1.82, 2.24) is 14.8 Å². The molecule has 0 spiro atoms. The van der Waals surface area contributed by atoms with Crippen molar-refractivity contribution in [2.75, 3.05) is 91.6 Å². The van der Waals surface area contributed by atoms with Crippen molar-refractivity contribution in [1.29, 1.82) is 0 Å². The third kappa shape index (κ3) is 13.3. The van der Waals surface area contributed by atoms with Gasteiger partial charge in [0.15, 0.2) is 10.9 Å². The van der Waals surface area contributed by atoms with Crippen molar-refractivity contribution in [3.63, 3.8) is 0 Å². The van der Waals surface area contributed by atoms with Crippen LogP contribution in [-0.4, -0.2) is 102 Å². The Hall–Kier alpha value is -4.89. The molecule has 2 saturated heterocycles. The Morgan fingerprint density at radius 3 is 1.74 bits per heavy atom. The topological polar surface area (TPSA) is 110 Å². The standard InChI is InChI=1S/C24H26FN5OS.C15H19N3S.C8H6BrFO/c25-18-3-1-2-17(14-18)21(31)22-23(26)28-24(32-22)27-19-6-8-20(9-7-19)30-12-10-29(11-13-30)15-16-4-5-16;19-12-16-14-3-5-15(6-4-14)18-9-7-17(8-10-18)11-13-1-2-13;9-5-8(11)6-2-1-3-7(10)4-6/h1-3,6-9,14,16H,4-5,10-13,15,26H2,(H,27,28);3-6,13H,1-2,7-11H2;1-4H,5H2. The predicted molar refractivity (Wildman–Crippen MR) is 254 cm³/mol. The zero-order chi connectivity index (χ0) is 43.4. The van der Waals surface area contributed by atoms with Gasteiger partial charge in [0.2, 0.25) is 5.78 Å². The Labute approximate surface area is 380 Å². The predicted octanol–water partition coefficient (Wildman–Crippen LogP) is 9.73. The van der Waals surface area contributed by atoms with Gasteiger partial charge >= 0.3 is 0 Å². The second kappa shape index (κ2) is 22.0. The first kappa shape index (κ1) is 45.1. The number of nitrogen functional groups attached to an aromatic ring is 1. The lowest BCUT2D eigenvalue weighted by Gasteiger charge is -2.36. The molecule has 4 fully saturated rings. The highest BCUT2D eigenvalue weighted by Gasteiger charge is 2.28. The molecule has 4 aromatic carbocycles. The number of hydrogen-bond donors (Lipinski definition) is 2. The molecule has 3 heterocycles. The minimum atomic E-state index is -0.457. The van der Waals surface area contributed by atoms with Crippen molar-refractivity contribution in [3.8, 4) is 0 Å². The number of hydrogen-bond acceptors (Lipinski definition) is 12. The van der Waals surface area contributed by atoms with Crippen molar-refractivity contribution >= 4 is 89.9 Å². The lowest BCUT2D eigenvalue weighted by molar-refractivity contribution is 0.102. The number of rotatable bonds is 13. The van der Waals surface area contributed by atoms with Gasteiger partial charge in [-0.15, -0.1) is 0 Å². The van der Waals surface area contributed by atoms with E-state index in [9.17, 15) is 18.4 Å². The summed E-state index contributed by atoms with van der Waals surface area (Å²) in [5, 5.41) is 6.39. The maximum absolute atomic E-state index is 13.5. The molecule has 2 saturated carbocycles. The maximum Gasteiger partial charge on any atom is 0.206 e. The Kier molecular flexibility index (Phi) is 16.0. The molecule has 0 unspecified atom stereocenters. The van der Waals surface area contributed by atoms with E-state index in [4.69, 9.17) is 5.73 Å². The quantitative estimate of drug-likeness (QED) is 0.0513. The number of anilines is 5. The highest BCUT2D eigenvalue weighted by Crippen LogP contribution is 2.33. The maximum atomic E-state index is 13.5. The summed E-state index contributed by atoms with van der Waals surface area (Å²) < 4.78 is 26.0. The number of nitrogens with two attached hydrogens (primary N) is 1. The first-order valence-electron chi connectivity index (χ1n) is 21.0. The Bertz CT molecular complexity index is 2320. The van der Waals surface area contributed by atoms with Crippen LogP contribution in [0.5, 0.6) is 0 Å². The average Bonchev–Trinajstić information content (AvgIpc) is 4.25. The Morgan fingerprint density at radius 1 is 0.758 bits per heavy atom. The van der Waals surface area contributed by atoms with Crippen LogP contribution in [0.2, 0.25) is 0 Å². The SMILES string of the molecule is Nc1nc(Nc2ccc(N3CCN(CC4CC4)CC3)cc2)sc1C(=O)c1cccc(F)c1.O=C(CBr)c1cccc(F)c1.S=C=Nc1ccc(N2CCN(CC3CC3)CC2)cc1. The molecule has 15 heteroatoms. The lowest BCUT2D eigenvalue weighted by Crippen LogP contribution is -2.47. The van der Waals surface area contributed by atoms with E-state index in [2.05, 4.69) is 92.5 Å². The van der Waals surface area contributed by atoms with Crippen LogP contribution in [-0.2, 0) is 0 Å². The summed E-state index contributed by atoms with van der Waals surface area (Å²) in [6, 6.07) is 27.7. The molecule has 0 bridgehead atoms. The van der Waals surface area contributed by atoms with Gasteiger partial charge < -0.3 is 20.9 Å². The van der Waals surface area contributed by atoms with Gasteiger partial charge in [0.1, 0.15) is 22.3 Å². The van der Waals surface area contributed by atoms with Crippen LogP contribution in [0.25, 0.3) is 0 Å². The highest BCUT2D eigenvalue weighted by molar-refractivity contribution is 9.09. The molecule has 4 aliphatic rings. The molecule has 1 aromatic heterocycles. The number of thiocarbonyl (C=S) groups is 1. The molecule has 0 amide bonds. The third-order valence-corrected chi connectivity index (χ3v) is 12.8. The van der Waals surface area contributed by atoms with Crippen LogP contribution in [0.3, 0.4) is 0 Å². The van der Waals surface area contributed by atoms with Crippen molar-refractivity contribution in [3.05, 3.63) is 125 Å². The molecule has 2 aliphatic carbocycles. The Morgan fingerprint density at radius 2 is 1.26 bits per heavy atom. The van der Waals surface area contributed by atoms with Gasteiger partial charge in [0, 0.05) is 93.6 Å². The van der Waals surface area contributed by atoms with Crippen LogP contribution in [0.15, 0.2) is 102 Å². The first-order valence-corrected chi connectivity index (χ1v) is 23.4. The van der Waals surface area contributed by atoms with E-state index in [1.807, 2.05) is 24.3 Å². The normalized spacial score (nSPS) is 16.6. The molecule has 2 aliphatic heterocycles. The van der Waals surface area contributed by atoms with Gasteiger partial charge in [-0.2, -0.15) is 4.99 Å². The number of isothiocyanates is 1. The van der Waals surface area contributed by atoms with Crippen molar-refractivity contribution < 1.29 is 18.4 Å². The van der Waals surface area contributed by atoms with E-state index in [1.165, 1.54) is 111 Å². The molecular formula is C47H51BrF2N8O2S2. The first-order chi connectivity index (χ1) is 30.1. The van der Waals surface area contributed by atoms with Crippen LogP contribution in [0.4, 0.5) is 42.5 Å². The molecule has 0 atom stereocenters. The smallest absolute Gasteiger partial charge is 0.206 e. The number of thiazole rings is 1. The number of benzene rings is 4. The van der Waals surface area contributed by atoms with Gasteiger partial charge in [-0.05, 0) is 123 Å². The summed E-state index contributed by atoms with van der Waals surface area (Å²) >= 11 is 8.79. The molecule has 0 radical (unpaired) electrons. The minimum Gasteiger partial charge on any atom is -0.382 e. The van der Waals surface area contributed by atoms with E-state index >= 15 is 0 Å². The number of piperazine rings is 2. The zero-order valence-electron chi connectivity index (χ0n) is 34.5. The summed E-state index contributed by atoms with van der Waals surface area (Å²) in [4.78, 5) is 42.3. The van der Waals surface area contributed by atoms with Crippen LogP contribution < -0.4 is 20.9 Å². The van der Waals surface area contributed by atoms with Crippen molar-refractivity contribution in [2.45, 2.75) is 25.7 Å². The molecule has 10 nitrogen and oxygen atoms in total. The number of ketones is 2. The number of carbonyl (C=O) groups is 2. The fourth-order valence-corrected chi connectivity index (χ4v) is 8.72. The highest BCUT2D eigenvalue weighted by atomic mass is 79.9. The van der Waals surface area contributed by atoms with E-state index < -0.39 is 5.82 Å². The summed E-state index contributed by atoms with van der Waals surface area (Å²) in [6.45, 7) is 11.6. The molecule has 3 N–H and O–H groups in total. The average molecular weight is 942 g/mol. The van der Waals surface area contributed by atoms with Crippen LogP contribution in [0, 0.1) is 23.5 Å². The number of Topliss-reactive ketones (excluding diaryl/α,β-unsaturated/α-hetero) is 1. The van der Waals surface area contributed by atoms with E-state index in [0.717, 1.165) is 62.5 Å². The van der Waals surface area contributed by atoms with E-state index in [-0.39, 0.29) is 34.1 Å². The molecular weight excluding hydrogens is 891 g/mol. The monoisotopic (exact) mass is 940 g/mol. The van der Waals surface area contributed by atoms with Gasteiger partial charge in [-0.3, -0.25) is 19.4 Å². The van der Waals surface area contributed by atoms with Gasteiger partial charge in [0.05, 0.1) is 16.2 Å². The summed E-state index contributed by atoms with van der Waals surface area (Å²) in [5.41, 5.74) is 10.9. The third-order valence-electron chi connectivity index (χ3n) is 11.3.